The standard InChI is InChI=1S/C18H20N2O4/c1-12(24-18(23)13-7-3-2-4-8-13)17(22)20-11-16(21)19-14-9-5-6-10-15(14)20/h2-3,5-6,9-10,12-13H,4,7-8,11H2,1H3,(H,19,21)/t12-,13-/m1/s1. The molecule has 0 spiro atoms. The zero-order valence-electron chi connectivity index (χ0n) is 13.5. The lowest BCUT2D eigenvalue weighted by Gasteiger charge is -2.31. The maximum Gasteiger partial charge on any atom is 0.310 e. The lowest BCUT2D eigenvalue weighted by molar-refractivity contribution is -0.158. The Morgan fingerprint density at radius 3 is 2.83 bits per heavy atom. The van der Waals surface area contributed by atoms with Crippen molar-refractivity contribution in [3.05, 3.63) is 36.4 Å². The number of nitrogens with one attached hydrogen (secondary N) is 1. The number of rotatable bonds is 3. The van der Waals surface area contributed by atoms with Gasteiger partial charge in [0.25, 0.3) is 5.91 Å². The highest BCUT2D eigenvalue weighted by Gasteiger charge is 2.32. The molecular formula is C18H20N2O4. The quantitative estimate of drug-likeness (QED) is 0.682. The summed E-state index contributed by atoms with van der Waals surface area (Å²) in [6, 6.07) is 7.07. The van der Waals surface area contributed by atoms with Crippen molar-refractivity contribution in [3.63, 3.8) is 0 Å². The van der Waals surface area contributed by atoms with Crippen LogP contribution >= 0.6 is 0 Å². The average molecular weight is 328 g/mol. The molecule has 1 aromatic carbocycles. The molecule has 2 amide bonds. The lowest BCUT2D eigenvalue weighted by atomic mass is 9.95. The Hall–Kier alpha value is -2.63. The number of ether oxygens (including phenoxy) is 1. The molecule has 0 radical (unpaired) electrons. The highest BCUT2D eigenvalue weighted by atomic mass is 16.5. The Balaban J connectivity index is 1.70. The van der Waals surface area contributed by atoms with E-state index in [-0.39, 0.29) is 24.3 Å². The van der Waals surface area contributed by atoms with E-state index in [1.165, 1.54) is 4.90 Å². The summed E-state index contributed by atoms with van der Waals surface area (Å²) >= 11 is 0. The van der Waals surface area contributed by atoms with Crippen LogP contribution in [0.15, 0.2) is 36.4 Å². The number of carbonyl (C=O) groups excluding carboxylic acids is 3. The van der Waals surface area contributed by atoms with E-state index >= 15 is 0 Å². The zero-order chi connectivity index (χ0) is 17.1. The molecule has 1 aromatic rings. The third kappa shape index (κ3) is 3.32. The van der Waals surface area contributed by atoms with Crippen molar-refractivity contribution in [1.82, 2.24) is 0 Å². The number of hydrogen-bond acceptors (Lipinski definition) is 4. The fraction of sp³-hybridized carbons (Fsp3) is 0.389. The summed E-state index contributed by atoms with van der Waals surface area (Å²) < 4.78 is 5.36. The predicted octanol–water partition coefficient (Wildman–Crippen LogP) is 2.26. The lowest BCUT2D eigenvalue weighted by Crippen LogP contribution is -2.47. The van der Waals surface area contributed by atoms with E-state index in [2.05, 4.69) is 5.32 Å². The molecule has 1 N–H and O–H groups in total. The molecule has 0 unspecified atom stereocenters. The molecule has 0 aromatic heterocycles. The number of allylic oxidation sites excluding steroid dienone is 2. The van der Waals surface area contributed by atoms with Gasteiger partial charge in [0.1, 0.15) is 6.54 Å². The normalized spacial score (nSPS) is 20.8. The van der Waals surface area contributed by atoms with Gasteiger partial charge in [-0.25, -0.2) is 0 Å². The fourth-order valence-electron chi connectivity index (χ4n) is 2.98. The van der Waals surface area contributed by atoms with E-state index in [9.17, 15) is 14.4 Å². The van der Waals surface area contributed by atoms with E-state index in [0.29, 0.717) is 17.8 Å². The molecule has 6 heteroatoms. The molecule has 2 aliphatic rings. The number of carbonyl (C=O) groups is 3. The molecule has 1 heterocycles. The minimum Gasteiger partial charge on any atom is -0.452 e. The number of benzene rings is 1. The van der Waals surface area contributed by atoms with Crippen LogP contribution in [0.3, 0.4) is 0 Å². The van der Waals surface area contributed by atoms with Crippen molar-refractivity contribution in [2.45, 2.75) is 32.3 Å². The second-order valence-corrected chi connectivity index (χ2v) is 6.05. The molecule has 2 atom stereocenters. The minimum absolute atomic E-state index is 0.0795. The van der Waals surface area contributed by atoms with Gasteiger partial charge in [-0.3, -0.25) is 19.3 Å². The molecule has 0 saturated carbocycles. The summed E-state index contributed by atoms with van der Waals surface area (Å²) in [6.07, 6.45) is 5.32. The second kappa shape index (κ2) is 6.86. The van der Waals surface area contributed by atoms with Crippen molar-refractivity contribution in [2.75, 3.05) is 16.8 Å². The molecule has 126 valence electrons. The van der Waals surface area contributed by atoms with Crippen LogP contribution in [0.1, 0.15) is 26.2 Å². The van der Waals surface area contributed by atoms with E-state index in [1.807, 2.05) is 12.2 Å². The second-order valence-electron chi connectivity index (χ2n) is 6.05. The van der Waals surface area contributed by atoms with Gasteiger partial charge in [0, 0.05) is 0 Å². The zero-order valence-corrected chi connectivity index (χ0v) is 13.5. The maximum absolute atomic E-state index is 12.7. The summed E-state index contributed by atoms with van der Waals surface area (Å²) in [5.74, 6) is -1.20. The van der Waals surface area contributed by atoms with Gasteiger partial charge in [-0.2, -0.15) is 0 Å². The Morgan fingerprint density at radius 1 is 1.29 bits per heavy atom. The summed E-state index contributed by atoms with van der Waals surface area (Å²) in [5.41, 5.74) is 1.20. The minimum atomic E-state index is -0.928. The molecule has 0 saturated heterocycles. The Bertz CT molecular complexity index is 698. The van der Waals surface area contributed by atoms with Gasteiger partial charge in [-0.05, 0) is 38.3 Å². The SMILES string of the molecule is C[C@@H](OC(=O)[C@@H]1CC=CCC1)C(=O)N1CC(=O)Nc2ccccc21. The summed E-state index contributed by atoms with van der Waals surface area (Å²) in [4.78, 5) is 38.1. The fourth-order valence-corrected chi connectivity index (χ4v) is 2.98. The molecule has 6 nitrogen and oxygen atoms in total. The van der Waals surface area contributed by atoms with Gasteiger partial charge >= 0.3 is 5.97 Å². The van der Waals surface area contributed by atoms with Crippen molar-refractivity contribution < 1.29 is 19.1 Å². The number of esters is 1. The van der Waals surface area contributed by atoms with E-state index in [1.54, 1.807) is 31.2 Å². The number of para-hydroxylation sites is 2. The largest absolute Gasteiger partial charge is 0.452 e. The first kappa shape index (κ1) is 16.2. The van der Waals surface area contributed by atoms with Crippen LogP contribution in [-0.4, -0.2) is 30.4 Å². The van der Waals surface area contributed by atoms with Crippen molar-refractivity contribution in [3.8, 4) is 0 Å². The van der Waals surface area contributed by atoms with Crippen LogP contribution in [0.5, 0.6) is 0 Å². The van der Waals surface area contributed by atoms with Crippen molar-refractivity contribution in [1.29, 1.82) is 0 Å². The summed E-state index contributed by atoms with van der Waals surface area (Å²) in [7, 11) is 0. The number of anilines is 2. The summed E-state index contributed by atoms with van der Waals surface area (Å²) in [5, 5.41) is 2.73. The summed E-state index contributed by atoms with van der Waals surface area (Å²) in [6.45, 7) is 1.47. The monoisotopic (exact) mass is 328 g/mol. The first-order valence-electron chi connectivity index (χ1n) is 8.12. The highest BCUT2D eigenvalue weighted by molar-refractivity contribution is 6.11. The molecule has 3 rings (SSSR count). The third-order valence-electron chi connectivity index (χ3n) is 4.28. The smallest absolute Gasteiger partial charge is 0.310 e. The third-order valence-corrected chi connectivity index (χ3v) is 4.28. The number of fused-ring (bicyclic) bond motifs is 1. The molecule has 24 heavy (non-hydrogen) atoms. The van der Waals surface area contributed by atoms with Crippen LogP contribution in [-0.2, 0) is 19.1 Å². The van der Waals surface area contributed by atoms with Crippen LogP contribution in [0.25, 0.3) is 0 Å². The number of hydrogen-bond donors (Lipinski definition) is 1. The molecule has 0 bridgehead atoms. The van der Waals surface area contributed by atoms with Crippen molar-refractivity contribution in [2.24, 2.45) is 5.92 Å². The van der Waals surface area contributed by atoms with Crippen LogP contribution < -0.4 is 10.2 Å². The first-order valence-corrected chi connectivity index (χ1v) is 8.12. The topological polar surface area (TPSA) is 75.7 Å². The molecule has 0 fully saturated rings. The maximum atomic E-state index is 12.7. The van der Waals surface area contributed by atoms with E-state index in [0.717, 1.165) is 12.8 Å². The molecule has 1 aliphatic carbocycles. The number of amides is 2. The van der Waals surface area contributed by atoms with Crippen LogP contribution in [0, 0.1) is 5.92 Å². The van der Waals surface area contributed by atoms with Gasteiger partial charge in [0.2, 0.25) is 5.91 Å². The Labute approximate surface area is 140 Å². The van der Waals surface area contributed by atoms with E-state index in [4.69, 9.17) is 4.74 Å². The van der Waals surface area contributed by atoms with Gasteiger partial charge in [-0.1, -0.05) is 24.3 Å². The molecule has 1 aliphatic heterocycles. The van der Waals surface area contributed by atoms with E-state index < -0.39 is 12.0 Å². The van der Waals surface area contributed by atoms with Gasteiger partial charge in [0.15, 0.2) is 6.10 Å². The highest BCUT2D eigenvalue weighted by Crippen LogP contribution is 2.29. The predicted molar refractivity (Wildman–Crippen MR) is 89.5 cm³/mol. The van der Waals surface area contributed by atoms with Gasteiger partial charge in [0.05, 0.1) is 17.3 Å². The Kier molecular flexibility index (Phi) is 4.64. The van der Waals surface area contributed by atoms with Gasteiger partial charge < -0.3 is 10.1 Å². The van der Waals surface area contributed by atoms with Gasteiger partial charge in [-0.15, -0.1) is 0 Å². The molecular weight excluding hydrogens is 308 g/mol. The average Bonchev–Trinajstić information content (AvgIpc) is 2.61. The Morgan fingerprint density at radius 2 is 2.08 bits per heavy atom. The van der Waals surface area contributed by atoms with Crippen LogP contribution in [0.4, 0.5) is 11.4 Å². The first-order chi connectivity index (χ1) is 11.6. The van der Waals surface area contributed by atoms with Crippen molar-refractivity contribution >= 4 is 29.2 Å². The van der Waals surface area contributed by atoms with Crippen LogP contribution in [0.2, 0.25) is 0 Å². The number of nitrogens with zero attached hydrogens (tertiary/aromatic N) is 1.